The minimum Gasteiger partial charge on any atom is -0.457 e. The fourth-order valence-corrected chi connectivity index (χ4v) is 6.67. The van der Waals surface area contributed by atoms with E-state index in [0.717, 1.165) is 22.0 Å². The normalized spacial score (nSPS) is 17.4. The van der Waals surface area contributed by atoms with Crippen LogP contribution < -0.4 is 10.6 Å². The molecule has 2 aromatic carbocycles. The van der Waals surface area contributed by atoms with E-state index in [0.29, 0.717) is 54.8 Å². The molecule has 5 rings (SSSR count). The van der Waals surface area contributed by atoms with Crippen molar-refractivity contribution in [1.29, 1.82) is 0 Å². The van der Waals surface area contributed by atoms with Gasteiger partial charge in [-0.15, -0.1) is 0 Å². The Morgan fingerprint density at radius 1 is 1.11 bits per heavy atom. The number of hydrogen-bond donors (Lipinski definition) is 2. The van der Waals surface area contributed by atoms with Crippen molar-refractivity contribution in [3.63, 3.8) is 0 Å². The van der Waals surface area contributed by atoms with Crippen LogP contribution in [0.4, 0.5) is 10.5 Å². The van der Waals surface area contributed by atoms with Crippen LogP contribution in [0, 0.1) is 0 Å². The molecule has 14 nitrogen and oxygen atoms in total. The Morgan fingerprint density at radius 2 is 1.85 bits per heavy atom. The number of nitrogens with one attached hydrogen (secondary N) is 2. The van der Waals surface area contributed by atoms with Crippen molar-refractivity contribution in [3.8, 4) is 0 Å². The fraction of sp³-hybridized carbons (Fsp3) is 0.359. The summed E-state index contributed by atoms with van der Waals surface area (Å²) in [4.78, 5) is 82.8. The minimum absolute atomic E-state index is 0.0101. The monoisotopic (exact) mass is 725 g/mol. The molecule has 1 atom stereocenters. The third kappa shape index (κ3) is 8.21. The quantitative estimate of drug-likeness (QED) is 0.181. The summed E-state index contributed by atoms with van der Waals surface area (Å²) in [5, 5.41) is 5.87. The first kappa shape index (κ1) is 38.2. The van der Waals surface area contributed by atoms with Gasteiger partial charge < -0.3 is 34.6 Å². The van der Waals surface area contributed by atoms with E-state index >= 15 is 0 Å². The number of aromatic nitrogens is 1. The van der Waals surface area contributed by atoms with Gasteiger partial charge in [0, 0.05) is 60.9 Å². The lowest BCUT2D eigenvalue weighted by molar-refractivity contribution is -0.165. The van der Waals surface area contributed by atoms with Crippen molar-refractivity contribution in [2.75, 3.05) is 32.1 Å². The number of esters is 1. The molecule has 2 aliphatic rings. The fourth-order valence-electron chi connectivity index (χ4n) is 6.67. The number of benzene rings is 2. The zero-order valence-electron chi connectivity index (χ0n) is 30.4. The number of ether oxygens (including phenoxy) is 3. The van der Waals surface area contributed by atoms with Gasteiger partial charge in [0.15, 0.2) is 0 Å². The van der Waals surface area contributed by atoms with Crippen molar-refractivity contribution in [2.24, 2.45) is 0 Å². The molecule has 14 heteroatoms. The Hall–Kier alpha value is -6.05. The molecule has 3 heterocycles. The second-order valence-electron chi connectivity index (χ2n) is 13.1. The summed E-state index contributed by atoms with van der Waals surface area (Å²) < 4.78 is 16.6. The van der Waals surface area contributed by atoms with E-state index < -0.39 is 23.6 Å². The van der Waals surface area contributed by atoms with Crippen LogP contribution >= 0.6 is 0 Å². The number of anilines is 1. The van der Waals surface area contributed by atoms with E-state index in [1.165, 1.54) is 0 Å². The maximum absolute atomic E-state index is 13.6. The van der Waals surface area contributed by atoms with Crippen LogP contribution in [-0.2, 0) is 57.8 Å². The Labute approximate surface area is 307 Å². The highest BCUT2D eigenvalue weighted by Gasteiger charge is 2.50. The molecule has 3 amide bonds. The van der Waals surface area contributed by atoms with Crippen molar-refractivity contribution in [3.05, 3.63) is 88.1 Å². The first-order valence-electron chi connectivity index (χ1n) is 17.3. The Morgan fingerprint density at radius 3 is 2.51 bits per heavy atom. The number of pyridine rings is 1. The van der Waals surface area contributed by atoms with Crippen LogP contribution in [-0.4, -0.2) is 89.8 Å². The van der Waals surface area contributed by atoms with E-state index in [9.17, 15) is 28.8 Å². The maximum Gasteiger partial charge on any atom is 0.510 e. The van der Waals surface area contributed by atoms with Crippen LogP contribution in [0.1, 0.15) is 56.5 Å². The summed E-state index contributed by atoms with van der Waals surface area (Å²) >= 11 is 0. The molecule has 0 unspecified atom stereocenters. The first-order valence-corrected chi connectivity index (χ1v) is 17.3. The lowest BCUT2D eigenvalue weighted by atomic mass is 9.84. The molecule has 1 aromatic heterocycles. The van der Waals surface area contributed by atoms with Gasteiger partial charge in [0.25, 0.3) is 0 Å². The molecule has 278 valence electrons. The van der Waals surface area contributed by atoms with E-state index in [1.807, 2.05) is 55.0 Å². The maximum atomic E-state index is 13.6. The van der Waals surface area contributed by atoms with Gasteiger partial charge in [-0.1, -0.05) is 37.3 Å². The molecule has 53 heavy (non-hydrogen) atoms. The molecule has 0 radical (unpaired) electrons. The molecule has 0 spiro atoms. The molecule has 2 N–H and O–H groups in total. The minimum atomic E-state index is -2.00. The van der Waals surface area contributed by atoms with Crippen molar-refractivity contribution in [2.45, 2.75) is 65.3 Å². The Kier molecular flexibility index (Phi) is 11.9. The topological polar surface area (TPSA) is 174 Å². The second-order valence-corrected chi connectivity index (χ2v) is 13.1. The molecule has 2 aliphatic heterocycles. The van der Waals surface area contributed by atoms with Crippen LogP contribution in [0.2, 0.25) is 0 Å². The summed E-state index contributed by atoms with van der Waals surface area (Å²) in [6.45, 7) is 7.45. The SMILES string of the molecule is CC[C@@]1(OC(=O)OCc2ccc(NC(=O)CNC=O)cc2)C(=O)OCC(C=O)=C1/C=C1/c2nc3ccccc3c(CCN(C(C)=O)C(C)C)c2CN1C. The van der Waals surface area contributed by atoms with Crippen molar-refractivity contribution in [1.82, 2.24) is 20.1 Å². The average Bonchev–Trinajstić information content (AvgIpc) is 3.45. The highest BCUT2D eigenvalue weighted by Crippen LogP contribution is 2.41. The van der Waals surface area contributed by atoms with Gasteiger partial charge in [0.05, 0.1) is 23.5 Å². The van der Waals surface area contributed by atoms with Crippen LogP contribution in [0.15, 0.2) is 65.8 Å². The zero-order valence-corrected chi connectivity index (χ0v) is 30.4. The lowest BCUT2D eigenvalue weighted by Gasteiger charge is -2.35. The molecular weight excluding hydrogens is 682 g/mol. The summed E-state index contributed by atoms with van der Waals surface area (Å²) in [5.74, 6) is -1.27. The van der Waals surface area contributed by atoms with E-state index in [1.54, 1.807) is 44.2 Å². The molecule has 0 saturated carbocycles. The standard InChI is InChI=1S/C39H43N5O9/c1-6-39(53-38(50)52-21-26-11-13-28(14-12-26)41-35(48)18-40-23-46)32(27(20-45)22-51-37(39)49)17-34-36-31(19-43(34)5)29(15-16-44(24(2)3)25(4)47)30-9-7-8-10-33(30)42-36/h7-14,17,20,23-24H,6,15-16,18-19,21-22H2,1-5H3,(H,40,46)(H,41,48)/b34-17-/t39-/m0/s1. The van der Waals surface area contributed by atoms with Gasteiger partial charge in [-0.25, -0.2) is 14.6 Å². The number of aldehydes is 1. The van der Waals surface area contributed by atoms with Gasteiger partial charge >= 0.3 is 12.1 Å². The van der Waals surface area contributed by atoms with Crippen molar-refractivity contribution < 1.29 is 43.0 Å². The smallest absolute Gasteiger partial charge is 0.457 e. The van der Waals surface area contributed by atoms with E-state index in [4.69, 9.17) is 19.2 Å². The Balaban J connectivity index is 1.45. The van der Waals surface area contributed by atoms with Gasteiger partial charge in [0.2, 0.25) is 23.8 Å². The van der Waals surface area contributed by atoms with Crippen LogP contribution in [0.3, 0.4) is 0 Å². The Bertz CT molecular complexity index is 1990. The second kappa shape index (κ2) is 16.5. The number of cyclic esters (lactones) is 1. The predicted molar refractivity (Wildman–Crippen MR) is 195 cm³/mol. The van der Waals surface area contributed by atoms with Gasteiger partial charge in [-0.05, 0) is 62.1 Å². The van der Waals surface area contributed by atoms with E-state index in [-0.39, 0.29) is 49.3 Å². The summed E-state index contributed by atoms with van der Waals surface area (Å²) in [6.07, 6.45) is 2.05. The molecule has 0 bridgehead atoms. The molecule has 0 fully saturated rings. The number of nitrogens with zero attached hydrogens (tertiary/aromatic N) is 3. The van der Waals surface area contributed by atoms with Gasteiger partial charge in [-0.3, -0.25) is 19.2 Å². The largest absolute Gasteiger partial charge is 0.510 e. The summed E-state index contributed by atoms with van der Waals surface area (Å²) in [5.41, 5.74) is 3.37. The first-order chi connectivity index (χ1) is 25.4. The number of para-hydroxylation sites is 1. The van der Waals surface area contributed by atoms with Crippen LogP contribution in [0.25, 0.3) is 16.6 Å². The average molecular weight is 726 g/mol. The van der Waals surface area contributed by atoms with Crippen molar-refractivity contribution >= 4 is 58.9 Å². The number of rotatable bonds is 14. The van der Waals surface area contributed by atoms with E-state index in [2.05, 4.69) is 10.6 Å². The van der Waals surface area contributed by atoms with Gasteiger partial charge in [0.1, 0.15) is 19.5 Å². The van der Waals surface area contributed by atoms with Crippen LogP contribution in [0.5, 0.6) is 0 Å². The summed E-state index contributed by atoms with van der Waals surface area (Å²) in [7, 11) is 1.88. The molecule has 0 aliphatic carbocycles. The number of fused-ring (bicyclic) bond motifs is 2. The summed E-state index contributed by atoms with van der Waals surface area (Å²) in [6, 6.07) is 14.3. The number of carbonyl (C=O) groups is 6. The highest BCUT2D eigenvalue weighted by molar-refractivity contribution is 5.95. The number of hydrogen-bond acceptors (Lipinski definition) is 11. The molecule has 3 aromatic rings. The molecule has 0 saturated heterocycles. The zero-order chi connectivity index (χ0) is 38.3. The van der Waals surface area contributed by atoms with Gasteiger partial charge in [-0.2, -0.15) is 0 Å². The lowest BCUT2D eigenvalue weighted by Crippen LogP contribution is -2.49. The number of carbonyl (C=O) groups excluding carboxylic acids is 6. The predicted octanol–water partition coefficient (Wildman–Crippen LogP) is 4.06. The molecular formula is C39H43N5O9. The third-order valence-electron chi connectivity index (χ3n) is 9.38. The number of amides is 3. The highest BCUT2D eigenvalue weighted by atomic mass is 16.7. The third-order valence-corrected chi connectivity index (χ3v) is 9.38.